The van der Waals surface area contributed by atoms with Crippen LogP contribution in [0, 0.1) is 0 Å². The summed E-state index contributed by atoms with van der Waals surface area (Å²) in [7, 11) is 0. The third-order valence-electron chi connectivity index (χ3n) is 11.6. The van der Waals surface area contributed by atoms with E-state index >= 15 is 0 Å². The number of hydrogen-bond donors (Lipinski definition) is 0. The number of rotatable bonds is 4. The van der Waals surface area contributed by atoms with Crippen LogP contribution >= 0.6 is 0 Å². The molecule has 0 saturated heterocycles. The monoisotopic (exact) mass is 689 g/mol. The molecule has 0 saturated carbocycles. The Kier molecular flexibility index (Phi) is 6.60. The fourth-order valence-corrected chi connectivity index (χ4v) is 8.84. The SMILES string of the molecule is CC1(C)c2cc3c(cc2-c2c1ccc1ccccc21)c1ccccc1n3-c1nc2ccccc2nc1-c1ccc(-c2ccc(-c3ccccc3)cc2)cc1. The Balaban J connectivity index is 1.11. The van der Waals surface area contributed by atoms with E-state index in [0.717, 1.165) is 44.7 Å². The Bertz CT molecular complexity index is 3100. The van der Waals surface area contributed by atoms with Gasteiger partial charge in [0.15, 0.2) is 5.82 Å². The van der Waals surface area contributed by atoms with Crippen molar-refractivity contribution in [3.05, 3.63) is 187 Å². The minimum Gasteiger partial charge on any atom is -0.292 e. The molecule has 0 fully saturated rings. The zero-order valence-corrected chi connectivity index (χ0v) is 30.1. The van der Waals surface area contributed by atoms with Crippen LogP contribution < -0.4 is 0 Å². The molecule has 0 atom stereocenters. The van der Waals surface area contributed by atoms with E-state index in [2.05, 4.69) is 182 Å². The fourth-order valence-electron chi connectivity index (χ4n) is 8.84. The van der Waals surface area contributed by atoms with Gasteiger partial charge in [0.2, 0.25) is 0 Å². The molecule has 3 nitrogen and oxygen atoms in total. The maximum Gasteiger partial charge on any atom is 0.165 e. The van der Waals surface area contributed by atoms with E-state index in [0.29, 0.717) is 0 Å². The van der Waals surface area contributed by atoms with Gasteiger partial charge in [0, 0.05) is 21.8 Å². The van der Waals surface area contributed by atoms with Crippen LogP contribution in [0.3, 0.4) is 0 Å². The highest BCUT2D eigenvalue weighted by Crippen LogP contribution is 2.53. The Morgan fingerprint density at radius 3 is 1.72 bits per heavy atom. The zero-order chi connectivity index (χ0) is 36.0. The second-order valence-electron chi connectivity index (χ2n) is 15.0. The Morgan fingerprint density at radius 1 is 0.426 bits per heavy atom. The molecule has 0 bridgehead atoms. The van der Waals surface area contributed by atoms with Crippen LogP contribution in [0.5, 0.6) is 0 Å². The standard InChI is InChI=1S/C51H35N3/c1-51(2)42-29-28-36-14-6-7-15-38(36)48(42)41-30-40-39-16-8-11-19-46(39)54(47(40)31-43(41)51)50-49(52-44-17-9-10-18-45(44)53-50)37-26-24-35(25-27-37)34-22-20-33(21-23-34)32-12-4-3-5-13-32/h3-31H,1-2H3. The van der Waals surface area contributed by atoms with Crippen molar-refractivity contribution in [3.8, 4) is 50.5 Å². The van der Waals surface area contributed by atoms with Crippen LogP contribution in [-0.2, 0) is 5.41 Å². The van der Waals surface area contributed by atoms with Gasteiger partial charge in [-0.3, -0.25) is 4.57 Å². The van der Waals surface area contributed by atoms with Crippen molar-refractivity contribution in [3.63, 3.8) is 0 Å². The van der Waals surface area contributed by atoms with Crippen molar-refractivity contribution < 1.29 is 0 Å². The quantitative estimate of drug-likeness (QED) is 0.184. The van der Waals surface area contributed by atoms with Crippen molar-refractivity contribution in [2.75, 3.05) is 0 Å². The van der Waals surface area contributed by atoms with E-state index in [1.807, 2.05) is 12.1 Å². The summed E-state index contributed by atoms with van der Waals surface area (Å²) in [6, 6.07) is 63.3. The van der Waals surface area contributed by atoms with Crippen molar-refractivity contribution in [1.82, 2.24) is 14.5 Å². The molecule has 0 unspecified atom stereocenters. The van der Waals surface area contributed by atoms with Crippen molar-refractivity contribution in [1.29, 1.82) is 0 Å². The molecule has 2 heterocycles. The lowest BCUT2D eigenvalue weighted by atomic mass is 9.82. The molecule has 0 aliphatic heterocycles. The van der Waals surface area contributed by atoms with E-state index in [9.17, 15) is 0 Å². The molecule has 1 aliphatic rings. The predicted octanol–water partition coefficient (Wildman–Crippen LogP) is 13.2. The zero-order valence-electron chi connectivity index (χ0n) is 30.1. The van der Waals surface area contributed by atoms with E-state index in [1.165, 1.54) is 60.5 Å². The number of benzene rings is 8. The minimum absolute atomic E-state index is 0.169. The first-order chi connectivity index (χ1) is 26.5. The van der Waals surface area contributed by atoms with Crippen LogP contribution in [-0.4, -0.2) is 14.5 Å². The summed E-state index contributed by atoms with van der Waals surface area (Å²) in [6.07, 6.45) is 0. The fraction of sp³-hybridized carbons (Fsp3) is 0.0588. The number of aromatic nitrogens is 3. The van der Waals surface area contributed by atoms with Crippen molar-refractivity contribution in [2.45, 2.75) is 19.3 Å². The maximum atomic E-state index is 5.42. The molecule has 2 aromatic heterocycles. The van der Waals surface area contributed by atoms with E-state index in [4.69, 9.17) is 9.97 Å². The molecule has 0 spiro atoms. The van der Waals surface area contributed by atoms with Gasteiger partial charge in [-0.25, -0.2) is 9.97 Å². The second kappa shape index (κ2) is 11.6. The molecule has 0 amide bonds. The predicted molar refractivity (Wildman–Crippen MR) is 225 cm³/mol. The van der Waals surface area contributed by atoms with Crippen LogP contribution in [0.15, 0.2) is 176 Å². The van der Waals surface area contributed by atoms with Crippen LogP contribution in [0.2, 0.25) is 0 Å². The largest absolute Gasteiger partial charge is 0.292 e. The van der Waals surface area contributed by atoms with Gasteiger partial charge < -0.3 is 0 Å². The smallest absolute Gasteiger partial charge is 0.165 e. The van der Waals surface area contributed by atoms with Gasteiger partial charge in [-0.2, -0.15) is 0 Å². The van der Waals surface area contributed by atoms with E-state index in [-0.39, 0.29) is 5.41 Å². The third kappa shape index (κ3) is 4.55. The maximum absolute atomic E-state index is 5.42. The number of hydrogen-bond acceptors (Lipinski definition) is 2. The molecular formula is C51H35N3. The van der Waals surface area contributed by atoms with Gasteiger partial charge in [0.05, 0.1) is 22.1 Å². The van der Waals surface area contributed by atoms with Crippen LogP contribution in [0.1, 0.15) is 25.0 Å². The minimum atomic E-state index is -0.169. The van der Waals surface area contributed by atoms with Gasteiger partial charge in [-0.1, -0.05) is 159 Å². The van der Waals surface area contributed by atoms with Crippen LogP contribution in [0.25, 0.3) is 94.1 Å². The molecule has 54 heavy (non-hydrogen) atoms. The normalized spacial score (nSPS) is 13.1. The molecule has 3 heteroatoms. The van der Waals surface area contributed by atoms with Crippen molar-refractivity contribution >= 4 is 43.6 Å². The first kappa shape index (κ1) is 30.8. The Hall–Kier alpha value is -6.84. The average molecular weight is 690 g/mol. The summed E-state index contributed by atoms with van der Waals surface area (Å²) in [5, 5.41) is 5.00. The van der Waals surface area contributed by atoms with Gasteiger partial charge >= 0.3 is 0 Å². The highest BCUT2D eigenvalue weighted by atomic mass is 15.1. The van der Waals surface area contributed by atoms with Crippen molar-refractivity contribution in [2.24, 2.45) is 0 Å². The first-order valence-corrected chi connectivity index (χ1v) is 18.7. The number of fused-ring (bicyclic) bond motifs is 9. The molecule has 254 valence electrons. The molecule has 0 radical (unpaired) electrons. The molecule has 8 aromatic carbocycles. The highest BCUT2D eigenvalue weighted by molar-refractivity contribution is 6.13. The van der Waals surface area contributed by atoms with Gasteiger partial charge in [-0.15, -0.1) is 0 Å². The summed E-state index contributed by atoms with van der Waals surface area (Å²) < 4.78 is 2.35. The summed E-state index contributed by atoms with van der Waals surface area (Å²) in [6.45, 7) is 4.73. The van der Waals surface area contributed by atoms with E-state index in [1.54, 1.807) is 0 Å². The number of para-hydroxylation sites is 3. The lowest BCUT2D eigenvalue weighted by Crippen LogP contribution is -2.15. The summed E-state index contributed by atoms with van der Waals surface area (Å²) in [5.41, 5.74) is 15.9. The first-order valence-electron chi connectivity index (χ1n) is 18.7. The second-order valence-corrected chi connectivity index (χ2v) is 15.0. The summed E-state index contributed by atoms with van der Waals surface area (Å²) in [5.74, 6) is 0.832. The summed E-state index contributed by atoms with van der Waals surface area (Å²) in [4.78, 5) is 10.8. The van der Waals surface area contributed by atoms with Gasteiger partial charge in [0.25, 0.3) is 0 Å². The number of nitrogens with zero attached hydrogens (tertiary/aromatic N) is 3. The lowest BCUT2D eigenvalue weighted by molar-refractivity contribution is 0.661. The molecule has 0 N–H and O–H groups in total. The average Bonchev–Trinajstić information content (AvgIpc) is 3.67. The van der Waals surface area contributed by atoms with Gasteiger partial charge in [0.1, 0.15) is 5.69 Å². The molecule has 11 rings (SSSR count). The molecular weight excluding hydrogens is 655 g/mol. The Morgan fingerprint density at radius 2 is 1.00 bits per heavy atom. The molecule has 1 aliphatic carbocycles. The Labute approximate surface area is 313 Å². The van der Waals surface area contributed by atoms with E-state index < -0.39 is 0 Å². The third-order valence-corrected chi connectivity index (χ3v) is 11.6. The topological polar surface area (TPSA) is 30.7 Å². The highest BCUT2D eigenvalue weighted by Gasteiger charge is 2.37. The van der Waals surface area contributed by atoms with Gasteiger partial charge in [-0.05, 0) is 85.6 Å². The molecule has 10 aromatic rings. The summed E-state index contributed by atoms with van der Waals surface area (Å²) >= 11 is 0. The lowest BCUT2D eigenvalue weighted by Gasteiger charge is -2.22. The van der Waals surface area contributed by atoms with Crippen LogP contribution in [0.4, 0.5) is 0 Å².